The van der Waals surface area contributed by atoms with Gasteiger partial charge in [-0.2, -0.15) is 0 Å². The van der Waals surface area contributed by atoms with Crippen molar-refractivity contribution in [1.29, 1.82) is 0 Å². The summed E-state index contributed by atoms with van der Waals surface area (Å²) < 4.78 is 5.37. The van der Waals surface area contributed by atoms with Crippen LogP contribution in [-0.2, 0) is 9.53 Å². The van der Waals surface area contributed by atoms with Gasteiger partial charge >= 0.3 is 0 Å². The Bertz CT molecular complexity index is 417. The standard InChI is InChI=1S/C17H28N2O2/c18-15-12-3-4-14(10-12)17(15)5-1-2-13(11-17)16(20)19-6-8-21-9-7-19/h12-15H,1-11,18H2/t12-,13?,14+,15-,17-/m1/s1. The van der Waals surface area contributed by atoms with Crippen LogP contribution in [0.5, 0.6) is 0 Å². The van der Waals surface area contributed by atoms with Crippen molar-refractivity contribution in [1.82, 2.24) is 4.90 Å². The third kappa shape index (κ3) is 2.14. The average Bonchev–Trinajstić information content (AvgIpc) is 3.11. The Labute approximate surface area is 127 Å². The summed E-state index contributed by atoms with van der Waals surface area (Å²) in [5, 5.41) is 0. The van der Waals surface area contributed by atoms with E-state index in [2.05, 4.69) is 0 Å². The molecule has 4 fully saturated rings. The molecule has 1 spiro atoms. The van der Waals surface area contributed by atoms with Crippen LogP contribution in [0.2, 0.25) is 0 Å². The van der Waals surface area contributed by atoms with Gasteiger partial charge in [0.2, 0.25) is 5.91 Å². The van der Waals surface area contributed by atoms with E-state index in [0.717, 1.165) is 37.8 Å². The van der Waals surface area contributed by atoms with Crippen molar-refractivity contribution in [3.05, 3.63) is 0 Å². The Morgan fingerprint density at radius 1 is 1.19 bits per heavy atom. The molecule has 0 radical (unpaired) electrons. The van der Waals surface area contributed by atoms with Gasteiger partial charge in [-0.05, 0) is 55.8 Å². The number of carbonyl (C=O) groups is 1. The SMILES string of the molecule is N[C@@H]1[C@@H]2CC[C@@H](C2)[C@]12CCCC(C(=O)N1CCOCC1)C2. The van der Waals surface area contributed by atoms with Crippen LogP contribution in [-0.4, -0.2) is 43.2 Å². The molecule has 1 unspecified atom stereocenters. The molecule has 4 rings (SSSR count). The zero-order valence-electron chi connectivity index (χ0n) is 12.9. The van der Waals surface area contributed by atoms with Gasteiger partial charge in [-0.1, -0.05) is 6.42 Å². The van der Waals surface area contributed by atoms with Crippen molar-refractivity contribution in [2.75, 3.05) is 26.3 Å². The van der Waals surface area contributed by atoms with Crippen LogP contribution in [0.3, 0.4) is 0 Å². The summed E-state index contributed by atoms with van der Waals surface area (Å²) in [6.45, 7) is 2.96. The van der Waals surface area contributed by atoms with Crippen LogP contribution in [0.25, 0.3) is 0 Å². The number of morpholine rings is 1. The summed E-state index contributed by atoms with van der Waals surface area (Å²) >= 11 is 0. The molecule has 2 bridgehead atoms. The van der Waals surface area contributed by atoms with Gasteiger partial charge in [-0.3, -0.25) is 4.79 Å². The molecule has 1 heterocycles. The monoisotopic (exact) mass is 292 g/mol. The molecule has 1 amide bonds. The van der Waals surface area contributed by atoms with E-state index in [4.69, 9.17) is 10.5 Å². The van der Waals surface area contributed by atoms with Crippen LogP contribution < -0.4 is 5.73 Å². The van der Waals surface area contributed by atoms with Gasteiger partial charge in [0.05, 0.1) is 13.2 Å². The quantitative estimate of drug-likeness (QED) is 0.801. The molecular formula is C17H28N2O2. The maximum absolute atomic E-state index is 12.8. The highest BCUT2D eigenvalue weighted by atomic mass is 16.5. The van der Waals surface area contributed by atoms with Crippen molar-refractivity contribution in [3.8, 4) is 0 Å². The molecule has 0 aromatic heterocycles. The molecule has 4 aliphatic rings. The van der Waals surface area contributed by atoms with Crippen LogP contribution in [0, 0.1) is 23.2 Å². The molecule has 0 aromatic rings. The molecule has 2 N–H and O–H groups in total. The minimum atomic E-state index is 0.224. The smallest absolute Gasteiger partial charge is 0.225 e. The first-order valence-electron chi connectivity index (χ1n) is 8.83. The van der Waals surface area contributed by atoms with E-state index in [0.29, 0.717) is 30.6 Å². The highest BCUT2D eigenvalue weighted by molar-refractivity contribution is 5.79. The van der Waals surface area contributed by atoms with E-state index in [9.17, 15) is 4.79 Å². The summed E-state index contributed by atoms with van der Waals surface area (Å²) in [5.41, 5.74) is 6.92. The second kappa shape index (κ2) is 5.24. The van der Waals surface area contributed by atoms with Crippen LogP contribution >= 0.6 is 0 Å². The summed E-state index contributed by atoms with van der Waals surface area (Å²) in [6.07, 6.45) is 8.61. The predicted molar refractivity (Wildman–Crippen MR) is 80.6 cm³/mol. The van der Waals surface area contributed by atoms with Crippen molar-refractivity contribution in [3.63, 3.8) is 0 Å². The number of ether oxygens (including phenoxy) is 1. The molecule has 3 aliphatic carbocycles. The third-order valence-corrected chi connectivity index (χ3v) is 6.95. The number of amides is 1. The van der Waals surface area contributed by atoms with Crippen molar-refractivity contribution in [2.45, 2.75) is 51.0 Å². The number of nitrogens with two attached hydrogens (primary N) is 1. The van der Waals surface area contributed by atoms with Gasteiger partial charge in [0.15, 0.2) is 0 Å². The number of rotatable bonds is 1. The lowest BCUT2D eigenvalue weighted by atomic mass is 9.59. The van der Waals surface area contributed by atoms with E-state index in [1.807, 2.05) is 4.90 Å². The van der Waals surface area contributed by atoms with Crippen LogP contribution in [0.15, 0.2) is 0 Å². The van der Waals surface area contributed by atoms with Crippen LogP contribution in [0.1, 0.15) is 44.9 Å². The van der Waals surface area contributed by atoms with Gasteiger partial charge in [0, 0.05) is 25.0 Å². The highest BCUT2D eigenvalue weighted by Crippen LogP contribution is 2.61. The highest BCUT2D eigenvalue weighted by Gasteiger charge is 2.58. The Hall–Kier alpha value is -0.610. The Morgan fingerprint density at radius 2 is 2.00 bits per heavy atom. The minimum absolute atomic E-state index is 0.224. The maximum atomic E-state index is 12.8. The maximum Gasteiger partial charge on any atom is 0.225 e. The molecule has 3 saturated carbocycles. The molecule has 1 aliphatic heterocycles. The summed E-state index contributed by atoms with van der Waals surface area (Å²) in [5.74, 6) is 2.15. The fourth-order valence-electron chi connectivity index (χ4n) is 5.87. The van der Waals surface area contributed by atoms with Crippen molar-refractivity contribution < 1.29 is 9.53 Å². The number of carbonyl (C=O) groups excluding carboxylic acids is 1. The second-order valence-electron chi connectivity index (χ2n) is 7.76. The van der Waals surface area contributed by atoms with Crippen molar-refractivity contribution in [2.24, 2.45) is 28.9 Å². The summed E-state index contributed by atoms with van der Waals surface area (Å²) in [6, 6.07) is 0.358. The first kappa shape index (κ1) is 14.0. The lowest BCUT2D eigenvalue weighted by molar-refractivity contribution is -0.143. The molecule has 4 nitrogen and oxygen atoms in total. The van der Waals surface area contributed by atoms with E-state index in [1.54, 1.807) is 0 Å². The third-order valence-electron chi connectivity index (χ3n) is 6.95. The molecular weight excluding hydrogens is 264 g/mol. The Balaban J connectivity index is 1.49. The summed E-state index contributed by atoms with van der Waals surface area (Å²) in [7, 11) is 0. The second-order valence-corrected chi connectivity index (χ2v) is 7.76. The van der Waals surface area contributed by atoms with E-state index in [-0.39, 0.29) is 5.92 Å². The minimum Gasteiger partial charge on any atom is -0.378 e. The molecule has 21 heavy (non-hydrogen) atoms. The normalized spacial score (nSPS) is 46.2. The van der Waals surface area contributed by atoms with E-state index >= 15 is 0 Å². The molecule has 0 aromatic carbocycles. The number of hydrogen-bond donors (Lipinski definition) is 1. The van der Waals surface area contributed by atoms with E-state index in [1.165, 1.54) is 32.1 Å². The molecule has 1 saturated heterocycles. The summed E-state index contributed by atoms with van der Waals surface area (Å²) in [4.78, 5) is 14.9. The topological polar surface area (TPSA) is 55.6 Å². The van der Waals surface area contributed by atoms with Gasteiger partial charge in [0.25, 0.3) is 0 Å². The Kier molecular flexibility index (Phi) is 3.49. The lowest BCUT2D eigenvalue weighted by Crippen LogP contribution is -2.52. The average molecular weight is 292 g/mol. The number of fused-ring (bicyclic) bond motifs is 3. The van der Waals surface area contributed by atoms with Gasteiger partial charge in [-0.15, -0.1) is 0 Å². The van der Waals surface area contributed by atoms with Gasteiger partial charge < -0.3 is 15.4 Å². The zero-order valence-corrected chi connectivity index (χ0v) is 12.9. The zero-order chi connectivity index (χ0) is 14.4. The fourth-order valence-corrected chi connectivity index (χ4v) is 5.87. The molecule has 5 atom stereocenters. The van der Waals surface area contributed by atoms with Crippen LogP contribution in [0.4, 0.5) is 0 Å². The van der Waals surface area contributed by atoms with Crippen molar-refractivity contribution >= 4 is 5.91 Å². The lowest BCUT2D eigenvalue weighted by Gasteiger charge is -2.48. The largest absolute Gasteiger partial charge is 0.378 e. The number of nitrogens with zero attached hydrogens (tertiary/aromatic N) is 1. The Morgan fingerprint density at radius 3 is 2.71 bits per heavy atom. The first-order chi connectivity index (χ1) is 10.2. The van der Waals surface area contributed by atoms with Gasteiger partial charge in [-0.25, -0.2) is 0 Å². The first-order valence-corrected chi connectivity index (χ1v) is 8.83. The van der Waals surface area contributed by atoms with E-state index < -0.39 is 0 Å². The molecule has 4 heteroatoms. The molecule has 118 valence electrons. The fraction of sp³-hybridized carbons (Fsp3) is 0.941. The number of hydrogen-bond acceptors (Lipinski definition) is 3. The predicted octanol–water partition coefficient (Wildman–Crippen LogP) is 1.78. The van der Waals surface area contributed by atoms with Gasteiger partial charge in [0.1, 0.15) is 0 Å².